The van der Waals surface area contributed by atoms with Crippen molar-refractivity contribution in [3.8, 4) is 0 Å². The maximum atomic E-state index is 12.1. The highest BCUT2D eigenvalue weighted by Crippen LogP contribution is 2.26. The second kappa shape index (κ2) is 8.60. The molecule has 1 amide bonds. The Kier molecular flexibility index (Phi) is 7.11. The summed E-state index contributed by atoms with van der Waals surface area (Å²) in [5.74, 6) is -1.12. The van der Waals surface area contributed by atoms with Gasteiger partial charge in [0, 0.05) is 18.0 Å². The number of carbonyl (C=O) groups excluding carboxylic acids is 1. The number of aliphatic carboxylic acids is 1. The summed E-state index contributed by atoms with van der Waals surface area (Å²) in [7, 11) is 0. The summed E-state index contributed by atoms with van der Waals surface area (Å²) < 4.78 is 5.15. The zero-order chi connectivity index (χ0) is 15.0. The minimum atomic E-state index is -0.901. The van der Waals surface area contributed by atoms with E-state index >= 15 is 0 Å². The van der Waals surface area contributed by atoms with Crippen molar-refractivity contribution < 1.29 is 19.4 Å². The molecule has 1 unspecified atom stereocenters. The molecule has 0 aliphatic rings. The summed E-state index contributed by atoms with van der Waals surface area (Å²) in [5.41, 5.74) is 0.488. The van der Waals surface area contributed by atoms with Gasteiger partial charge in [-0.1, -0.05) is 12.1 Å². The molecule has 6 heteroatoms. The van der Waals surface area contributed by atoms with Crippen molar-refractivity contribution in [3.63, 3.8) is 0 Å². The van der Waals surface area contributed by atoms with E-state index in [1.165, 1.54) is 0 Å². The first-order valence-electron chi connectivity index (χ1n) is 6.40. The molecule has 110 valence electrons. The van der Waals surface area contributed by atoms with Crippen molar-refractivity contribution in [2.75, 3.05) is 19.8 Å². The summed E-state index contributed by atoms with van der Waals surface area (Å²) in [6.07, 6.45) is 0. The average molecular weight is 297 g/mol. The number of carboxylic acid groups (broad SMARTS) is 1. The lowest BCUT2D eigenvalue weighted by molar-refractivity contribution is -0.136. The van der Waals surface area contributed by atoms with Crippen LogP contribution in [0.3, 0.4) is 0 Å². The molecule has 0 spiro atoms. The van der Waals surface area contributed by atoms with E-state index in [0.717, 1.165) is 11.8 Å². The van der Waals surface area contributed by atoms with Gasteiger partial charge in [-0.25, -0.2) is 0 Å². The van der Waals surface area contributed by atoms with Crippen molar-refractivity contribution >= 4 is 23.6 Å². The second-order valence-electron chi connectivity index (χ2n) is 4.05. The van der Waals surface area contributed by atoms with Gasteiger partial charge in [-0.3, -0.25) is 9.59 Å². The third-order valence-corrected chi connectivity index (χ3v) is 3.68. The van der Waals surface area contributed by atoms with E-state index in [4.69, 9.17) is 9.84 Å². The Morgan fingerprint density at radius 1 is 1.40 bits per heavy atom. The fourth-order valence-corrected chi connectivity index (χ4v) is 2.40. The van der Waals surface area contributed by atoms with Crippen LogP contribution in [0.1, 0.15) is 24.2 Å². The van der Waals surface area contributed by atoms with Crippen LogP contribution in [0.15, 0.2) is 29.2 Å². The largest absolute Gasteiger partial charge is 0.480 e. The van der Waals surface area contributed by atoms with E-state index in [9.17, 15) is 9.59 Å². The molecule has 0 saturated heterocycles. The smallest absolute Gasteiger partial charge is 0.316 e. The lowest BCUT2D eigenvalue weighted by atomic mass is 10.2. The van der Waals surface area contributed by atoms with E-state index in [1.54, 1.807) is 31.2 Å². The molecule has 0 aliphatic carbocycles. The average Bonchev–Trinajstić information content (AvgIpc) is 2.43. The Bertz CT molecular complexity index is 464. The minimum absolute atomic E-state index is 0.217. The van der Waals surface area contributed by atoms with Crippen molar-refractivity contribution in [1.82, 2.24) is 5.32 Å². The predicted molar refractivity (Wildman–Crippen MR) is 78.2 cm³/mol. The van der Waals surface area contributed by atoms with Gasteiger partial charge in [0.1, 0.15) is 5.25 Å². The molecule has 0 aromatic heterocycles. The quantitative estimate of drug-likeness (QED) is 0.567. The SMILES string of the molecule is CCOCCNC(=O)c1ccccc1SC(C)C(=O)O. The van der Waals surface area contributed by atoms with Crippen LogP contribution in [0, 0.1) is 0 Å². The van der Waals surface area contributed by atoms with Crippen molar-refractivity contribution in [3.05, 3.63) is 29.8 Å². The molecule has 0 radical (unpaired) electrons. The normalized spacial score (nSPS) is 11.9. The Hall–Kier alpha value is -1.53. The van der Waals surface area contributed by atoms with Gasteiger partial charge in [0.25, 0.3) is 5.91 Å². The highest BCUT2D eigenvalue weighted by atomic mass is 32.2. The van der Waals surface area contributed by atoms with Crippen LogP contribution in [0.5, 0.6) is 0 Å². The Balaban J connectivity index is 2.69. The zero-order valence-electron chi connectivity index (χ0n) is 11.6. The summed E-state index contributed by atoms with van der Waals surface area (Å²) in [5, 5.41) is 11.1. The van der Waals surface area contributed by atoms with Crippen molar-refractivity contribution in [2.45, 2.75) is 24.0 Å². The molecule has 0 bridgehead atoms. The maximum Gasteiger partial charge on any atom is 0.316 e. The molecule has 1 aromatic rings. The summed E-state index contributed by atoms with van der Waals surface area (Å²) in [6.45, 7) is 4.99. The third kappa shape index (κ3) is 5.22. The number of carbonyl (C=O) groups is 2. The van der Waals surface area contributed by atoms with Gasteiger partial charge in [-0.2, -0.15) is 0 Å². The summed E-state index contributed by atoms with van der Waals surface area (Å²) >= 11 is 1.16. The van der Waals surface area contributed by atoms with Crippen LogP contribution in [-0.4, -0.2) is 42.0 Å². The van der Waals surface area contributed by atoms with Crippen LogP contribution < -0.4 is 5.32 Å². The van der Waals surface area contributed by atoms with Crippen LogP contribution >= 0.6 is 11.8 Å². The van der Waals surface area contributed by atoms with Gasteiger partial charge in [-0.05, 0) is 26.0 Å². The number of ether oxygens (including phenoxy) is 1. The Morgan fingerprint density at radius 3 is 2.75 bits per heavy atom. The van der Waals surface area contributed by atoms with Crippen molar-refractivity contribution in [1.29, 1.82) is 0 Å². The number of benzene rings is 1. The van der Waals surface area contributed by atoms with Crippen LogP contribution in [-0.2, 0) is 9.53 Å². The molecule has 2 N–H and O–H groups in total. The van der Waals surface area contributed by atoms with Crippen molar-refractivity contribution in [2.24, 2.45) is 0 Å². The van der Waals surface area contributed by atoms with Crippen LogP contribution in [0.2, 0.25) is 0 Å². The molecule has 0 heterocycles. The molecule has 0 aliphatic heterocycles. The lowest BCUT2D eigenvalue weighted by Crippen LogP contribution is -2.27. The lowest BCUT2D eigenvalue weighted by Gasteiger charge is -2.11. The summed E-state index contributed by atoms with van der Waals surface area (Å²) in [6, 6.07) is 6.98. The molecule has 5 nitrogen and oxygen atoms in total. The highest BCUT2D eigenvalue weighted by molar-refractivity contribution is 8.00. The Morgan fingerprint density at radius 2 is 2.10 bits per heavy atom. The highest BCUT2D eigenvalue weighted by Gasteiger charge is 2.17. The second-order valence-corrected chi connectivity index (χ2v) is 5.43. The van der Waals surface area contributed by atoms with Gasteiger partial charge >= 0.3 is 5.97 Å². The van der Waals surface area contributed by atoms with Gasteiger partial charge in [0.15, 0.2) is 0 Å². The van der Waals surface area contributed by atoms with E-state index in [1.807, 2.05) is 6.92 Å². The van der Waals surface area contributed by atoms with Gasteiger partial charge in [-0.15, -0.1) is 11.8 Å². The first-order valence-corrected chi connectivity index (χ1v) is 7.28. The van der Waals surface area contributed by atoms with Gasteiger partial charge < -0.3 is 15.2 Å². The fraction of sp³-hybridized carbons (Fsp3) is 0.429. The molecule has 1 atom stereocenters. The zero-order valence-corrected chi connectivity index (χ0v) is 12.4. The Labute approximate surface area is 122 Å². The molecule has 0 fully saturated rings. The predicted octanol–water partition coefficient (Wildman–Crippen LogP) is 2.02. The number of thioether (sulfide) groups is 1. The monoisotopic (exact) mass is 297 g/mol. The standard InChI is InChI=1S/C14H19NO4S/c1-3-19-9-8-15-13(16)11-6-4-5-7-12(11)20-10(2)14(17)18/h4-7,10H,3,8-9H2,1-2H3,(H,15,16)(H,17,18). The first kappa shape index (κ1) is 16.5. The van der Waals surface area contributed by atoms with Gasteiger partial charge in [0.2, 0.25) is 0 Å². The third-order valence-electron chi connectivity index (χ3n) is 2.52. The van der Waals surface area contributed by atoms with Crippen LogP contribution in [0.4, 0.5) is 0 Å². The molecule has 20 heavy (non-hydrogen) atoms. The topological polar surface area (TPSA) is 75.6 Å². The van der Waals surface area contributed by atoms with Gasteiger partial charge in [0.05, 0.1) is 12.2 Å². The number of rotatable bonds is 8. The molecular weight excluding hydrogens is 278 g/mol. The first-order chi connectivity index (χ1) is 9.56. The molecule has 1 aromatic carbocycles. The number of nitrogens with one attached hydrogen (secondary N) is 1. The van der Waals surface area contributed by atoms with E-state index in [0.29, 0.717) is 30.2 Å². The summed E-state index contributed by atoms with van der Waals surface area (Å²) in [4.78, 5) is 23.6. The minimum Gasteiger partial charge on any atom is -0.480 e. The maximum absolute atomic E-state index is 12.1. The number of hydrogen-bond acceptors (Lipinski definition) is 4. The molecule has 0 saturated carbocycles. The fourth-order valence-electron chi connectivity index (χ4n) is 1.47. The van der Waals surface area contributed by atoms with Crippen LogP contribution in [0.25, 0.3) is 0 Å². The molecule has 1 rings (SSSR count). The number of hydrogen-bond donors (Lipinski definition) is 2. The van der Waals surface area contributed by atoms with E-state index < -0.39 is 11.2 Å². The van der Waals surface area contributed by atoms with E-state index in [-0.39, 0.29) is 5.91 Å². The molecular formula is C14H19NO4S. The number of amides is 1. The van der Waals surface area contributed by atoms with E-state index in [2.05, 4.69) is 5.32 Å². The number of carboxylic acids is 1.